The number of nitrogens with zero attached hydrogens (tertiary/aromatic N) is 2. The van der Waals surface area contributed by atoms with Gasteiger partial charge in [-0.3, -0.25) is 8.98 Å². The summed E-state index contributed by atoms with van der Waals surface area (Å²) in [5.74, 6) is -1.39. The SMILES string of the molecule is Nc1ccc2cc(S(=O)(=O)[O-])ccc2c1N=Nc1cccc(C(=O)Nc2cccc(S(=O)(=O)CCOS(=O)(=O)[O-])c2)c1.[Na+].[Na+]. The largest absolute Gasteiger partial charge is 1.00 e. The van der Waals surface area contributed by atoms with Gasteiger partial charge in [0.05, 0.1) is 33.5 Å². The quantitative estimate of drug-likeness (QED) is 0.0573. The molecule has 3 N–H and O–H groups in total. The molecule has 44 heavy (non-hydrogen) atoms. The molecular weight excluding hydrogens is 658 g/mol. The van der Waals surface area contributed by atoms with Crippen molar-refractivity contribution in [2.24, 2.45) is 10.2 Å². The summed E-state index contributed by atoms with van der Waals surface area (Å²) >= 11 is 0. The Balaban J connectivity index is 0.00000337. The first-order valence-electron chi connectivity index (χ1n) is 11.7. The zero-order chi connectivity index (χ0) is 30.7. The number of hydrogen-bond acceptors (Lipinski definition) is 13. The summed E-state index contributed by atoms with van der Waals surface area (Å²) in [5, 5.41) is 11.7. The molecule has 0 bridgehead atoms. The monoisotopic (exact) mass is 678 g/mol. The summed E-state index contributed by atoms with van der Waals surface area (Å²) in [7, 11) is -13.8. The molecule has 0 aromatic heterocycles. The van der Waals surface area contributed by atoms with Crippen LogP contribution < -0.4 is 70.2 Å². The van der Waals surface area contributed by atoms with Crippen molar-refractivity contribution in [2.45, 2.75) is 9.79 Å². The van der Waals surface area contributed by atoms with E-state index in [0.717, 1.165) is 12.1 Å². The number of carbonyl (C=O) groups is 1. The maximum Gasteiger partial charge on any atom is 1.00 e. The van der Waals surface area contributed by atoms with Crippen molar-refractivity contribution in [1.82, 2.24) is 0 Å². The molecule has 0 radical (unpaired) electrons. The summed E-state index contributed by atoms with van der Waals surface area (Å²) in [6, 6.07) is 17.9. The number of nitrogens with two attached hydrogens (primary N) is 1. The molecule has 19 heteroatoms. The first kappa shape index (κ1) is 37.9. The molecule has 1 amide bonds. The molecule has 0 aliphatic carbocycles. The van der Waals surface area contributed by atoms with Crippen LogP contribution in [0.5, 0.6) is 0 Å². The van der Waals surface area contributed by atoms with E-state index in [1.807, 2.05) is 0 Å². The summed E-state index contributed by atoms with van der Waals surface area (Å²) in [5.41, 5.74) is 7.00. The number of rotatable bonds is 10. The summed E-state index contributed by atoms with van der Waals surface area (Å²) in [4.78, 5) is 12.2. The molecule has 0 spiro atoms. The van der Waals surface area contributed by atoms with Crippen molar-refractivity contribution in [3.05, 3.63) is 84.4 Å². The van der Waals surface area contributed by atoms with Crippen LogP contribution in [-0.4, -0.2) is 52.6 Å². The normalized spacial score (nSPS) is 12.0. The van der Waals surface area contributed by atoms with Gasteiger partial charge in [-0.05, 0) is 60.0 Å². The minimum absolute atomic E-state index is 0. The van der Waals surface area contributed by atoms with Crippen molar-refractivity contribution in [3.63, 3.8) is 0 Å². The van der Waals surface area contributed by atoms with E-state index in [-0.39, 0.29) is 92.3 Å². The van der Waals surface area contributed by atoms with E-state index < -0.39 is 53.5 Å². The topological polar surface area (TPSA) is 238 Å². The van der Waals surface area contributed by atoms with Crippen LogP contribution in [0.1, 0.15) is 10.4 Å². The number of nitrogen functional groups attached to an aromatic ring is 1. The van der Waals surface area contributed by atoms with E-state index in [9.17, 15) is 39.2 Å². The molecule has 14 nitrogen and oxygen atoms in total. The van der Waals surface area contributed by atoms with Crippen molar-refractivity contribution < 1.29 is 102 Å². The molecule has 4 aromatic carbocycles. The third-order valence-corrected chi connectivity index (χ3v) is 8.65. The third-order valence-electron chi connectivity index (χ3n) is 5.69. The number of hydrogen-bond donors (Lipinski definition) is 2. The van der Waals surface area contributed by atoms with Gasteiger partial charge >= 0.3 is 59.1 Å². The number of anilines is 2. The molecular formula is C25H20N4Na2O10S3. The first-order valence-corrected chi connectivity index (χ1v) is 16.1. The fraction of sp³-hybridized carbons (Fsp3) is 0.0800. The maximum atomic E-state index is 12.9. The van der Waals surface area contributed by atoms with Crippen molar-refractivity contribution in [2.75, 3.05) is 23.4 Å². The van der Waals surface area contributed by atoms with Crippen LogP contribution in [0.25, 0.3) is 10.8 Å². The Morgan fingerprint density at radius 2 is 1.52 bits per heavy atom. The fourth-order valence-electron chi connectivity index (χ4n) is 3.73. The fourth-order valence-corrected chi connectivity index (χ4v) is 5.76. The Hall–Kier alpha value is -2.26. The van der Waals surface area contributed by atoms with Crippen LogP contribution in [0.15, 0.2) is 98.9 Å². The van der Waals surface area contributed by atoms with Gasteiger partial charge in [0.15, 0.2) is 9.84 Å². The number of fused-ring (bicyclic) bond motifs is 1. The maximum absolute atomic E-state index is 12.9. The van der Waals surface area contributed by atoms with E-state index in [1.165, 1.54) is 60.7 Å². The van der Waals surface area contributed by atoms with Gasteiger partial charge in [-0.15, -0.1) is 5.11 Å². The first-order chi connectivity index (χ1) is 19.6. The minimum atomic E-state index is -5.05. The third kappa shape index (κ3) is 10.1. The average molecular weight is 679 g/mol. The molecule has 0 unspecified atom stereocenters. The molecule has 0 fully saturated rings. The number of benzene rings is 4. The number of nitrogens with one attached hydrogen (secondary N) is 1. The summed E-state index contributed by atoms with van der Waals surface area (Å²) in [6.45, 7) is -0.861. The van der Waals surface area contributed by atoms with Gasteiger partial charge in [0.1, 0.15) is 15.8 Å². The van der Waals surface area contributed by atoms with Gasteiger partial charge in [-0.2, -0.15) is 5.11 Å². The predicted molar refractivity (Wildman–Crippen MR) is 149 cm³/mol. The van der Waals surface area contributed by atoms with E-state index in [2.05, 4.69) is 19.7 Å². The summed E-state index contributed by atoms with van der Waals surface area (Å²) in [6.07, 6.45) is 0. The van der Waals surface area contributed by atoms with Crippen LogP contribution in [0.4, 0.5) is 22.7 Å². The summed E-state index contributed by atoms with van der Waals surface area (Å²) < 4.78 is 94.6. The number of amides is 1. The predicted octanol–water partition coefficient (Wildman–Crippen LogP) is -2.75. The number of azo groups is 1. The van der Waals surface area contributed by atoms with Crippen LogP contribution in [-0.2, 0) is 34.5 Å². The van der Waals surface area contributed by atoms with Gasteiger partial charge < -0.3 is 20.2 Å². The molecule has 0 heterocycles. The molecule has 0 aliphatic heterocycles. The smallest absolute Gasteiger partial charge is 0.744 e. The van der Waals surface area contributed by atoms with Crippen molar-refractivity contribution in [3.8, 4) is 0 Å². The van der Waals surface area contributed by atoms with Crippen LogP contribution in [0.3, 0.4) is 0 Å². The number of carbonyl (C=O) groups excluding carboxylic acids is 1. The Morgan fingerprint density at radius 3 is 2.20 bits per heavy atom. The van der Waals surface area contributed by atoms with Gasteiger partial charge in [-0.25, -0.2) is 25.3 Å². The van der Waals surface area contributed by atoms with Gasteiger partial charge in [0.2, 0.25) is 10.4 Å². The van der Waals surface area contributed by atoms with Crippen LogP contribution in [0.2, 0.25) is 0 Å². The van der Waals surface area contributed by atoms with Crippen molar-refractivity contribution >= 4 is 69.8 Å². The van der Waals surface area contributed by atoms with E-state index in [4.69, 9.17) is 5.73 Å². The Bertz CT molecular complexity index is 2060. The second-order valence-electron chi connectivity index (χ2n) is 8.62. The van der Waals surface area contributed by atoms with E-state index in [0.29, 0.717) is 10.8 Å². The molecule has 0 aliphatic rings. The van der Waals surface area contributed by atoms with E-state index in [1.54, 1.807) is 6.07 Å². The van der Waals surface area contributed by atoms with E-state index >= 15 is 0 Å². The van der Waals surface area contributed by atoms with Gasteiger partial charge in [0.25, 0.3) is 5.91 Å². The standard InChI is InChI=1S/C25H22N4O10S3.2Na/c26-23-10-7-16-14-21(41(33,34)35)8-9-22(16)24(23)29-28-19-5-1-3-17(13-19)25(30)27-18-4-2-6-20(15-18)40(31,32)12-11-39-42(36,37)38;;/h1-10,13-15H,11-12,26H2,(H,27,30)(H,33,34,35)(H,36,37,38);;/q;2*+1/p-2. The average Bonchev–Trinajstić information content (AvgIpc) is 2.91. The van der Waals surface area contributed by atoms with Gasteiger partial charge in [0, 0.05) is 16.6 Å². The Morgan fingerprint density at radius 1 is 0.818 bits per heavy atom. The molecule has 0 saturated heterocycles. The second kappa shape index (κ2) is 15.4. The molecule has 4 rings (SSSR count). The molecule has 0 saturated carbocycles. The van der Waals surface area contributed by atoms with Crippen molar-refractivity contribution in [1.29, 1.82) is 0 Å². The Kier molecular flexibility index (Phi) is 13.2. The minimum Gasteiger partial charge on any atom is -0.744 e. The molecule has 220 valence electrons. The Labute approximate surface area is 297 Å². The molecule has 4 aromatic rings. The second-order valence-corrected chi connectivity index (χ2v) is 13.2. The van der Waals surface area contributed by atoms with Crippen LogP contribution in [0, 0.1) is 0 Å². The van der Waals surface area contributed by atoms with Gasteiger partial charge in [-0.1, -0.05) is 24.3 Å². The number of sulfone groups is 1. The zero-order valence-electron chi connectivity index (χ0n) is 23.2. The molecule has 0 atom stereocenters. The zero-order valence-corrected chi connectivity index (χ0v) is 29.6. The van der Waals surface area contributed by atoms with Crippen LogP contribution >= 0.6 is 0 Å².